The molecule has 0 saturated heterocycles. The molecule has 0 rings (SSSR count). The maximum absolute atomic E-state index is 11.4. The van der Waals surface area contributed by atoms with Gasteiger partial charge in [-0.2, -0.15) is 10.5 Å². The zero-order valence-corrected chi connectivity index (χ0v) is 11.0. The number of nitro groups is 2. The van der Waals surface area contributed by atoms with Gasteiger partial charge in [0.25, 0.3) is 11.2 Å². The van der Waals surface area contributed by atoms with E-state index in [-0.39, 0.29) is 0 Å². The molecule has 0 amide bonds. The molecule has 0 aromatic heterocycles. The molecule has 0 heterocycles. The first-order valence-electron chi connectivity index (χ1n) is 3.55. The van der Waals surface area contributed by atoms with Gasteiger partial charge in [-0.15, -0.1) is 16.8 Å². The van der Waals surface area contributed by atoms with Crippen molar-refractivity contribution in [2.75, 3.05) is 0 Å². The topological polar surface area (TPSA) is 226 Å². The van der Waals surface area contributed by atoms with Gasteiger partial charge in [0.1, 0.15) is 0 Å². The lowest BCUT2D eigenvalue weighted by molar-refractivity contribution is -0.309. The van der Waals surface area contributed by atoms with Crippen LogP contribution in [0.1, 0.15) is 0 Å². The Morgan fingerprint density at radius 1 is 0.900 bits per heavy atom. The van der Waals surface area contributed by atoms with Crippen molar-refractivity contribution < 1.29 is 29.7 Å². The van der Waals surface area contributed by atoms with Crippen LogP contribution in [0.15, 0.2) is 0 Å². The minimum Gasteiger partial charge on any atom is -0.245 e. The van der Waals surface area contributed by atoms with Crippen LogP contribution in [0, 0.1) is 43.1 Å². The molecule has 0 aromatic carbocycles. The number of hydrogen-bond acceptors (Lipinski definition) is 11. The predicted octanol–water partition coefficient (Wildman–Crippen LogP) is -2.83. The fraction of sp³-hybridized carbons (Fsp3) is 0. The largest absolute Gasteiger partial charge is 0.546 e. The highest BCUT2D eigenvalue weighted by molar-refractivity contribution is 8.03. The average Bonchev–Trinajstić information content (AvgIpc) is 2.29. The van der Waals surface area contributed by atoms with Gasteiger partial charge in [0.2, 0.25) is 12.4 Å². The number of hydrogen-bond donors (Lipinski definition) is 0. The lowest BCUT2D eigenvalue weighted by Crippen LogP contribution is -2.44. The summed E-state index contributed by atoms with van der Waals surface area (Å²) in [5.41, 5.74) is 0. The van der Waals surface area contributed by atoms with Crippen LogP contribution >= 0.6 is 0 Å². The highest BCUT2D eigenvalue weighted by Gasteiger charge is 2.48. The highest BCUT2D eigenvalue weighted by Crippen LogP contribution is 2.13. The molecule has 0 spiro atoms. The molecule has 0 aliphatic heterocycles. The van der Waals surface area contributed by atoms with Crippen molar-refractivity contribution in [2.45, 2.75) is 0 Å². The summed E-state index contributed by atoms with van der Waals surface area (Å²) in [5, 5.41) is 36.9. The molecule has 0 atom stereocenters. The first-order valence-corrected chi connectivity index (χ1v) is 7.41. The fourth-order valence-electron chi connectivity index (χ4n) is 0.523. The normalized spacial score (nSPS) is 11.2. The Bertz CT molecular complexity index is 686. The van der Waals surface area contributed by atoms with Crippen molar-refractivity contribution >= 4 is 31.6 Å². The van der Waals surface area contributed by atoms with Crippen LogP contribution in [0.5, 0.6) is 0 Å². The third kappa shape index (κ3) is 2.87. The van der Waals surface area contributed by atoms with E-state index in [1.54, 1.807) is 0 Å². The minimum absolute atomic E-state index is 0.473. The molecule has 0 bridgehead atoms. The van der Waals surface area contributed by atoms with Crippen molar-refractivity contribution in [1.82, 2.24) is 7.42 Å². The van der Waals surface area contributed by atoms with E-state index in [2.05, 4.69) is 0 Å². The monoisotopic (exact) mass is 348 g/mol. The Labute approximate surface area is 112 Å². The Balaban J connectivity index is 6.02. The summed E-state index contributed by atoms with van der Waals surface area (Å²) in [5.74, 6) is 0. The zero-order valence-electron chi connectivity index (χ0n) is 8.58. The summed E-state index contributed by atoms with van der Waals surface area (Å²) >= 11 is -3.89. The summed E-state index contributed by atoms with van der Waals surface area (Å²) in [6.45, 7) is 0. The average molecular weight is 348 g/mol. The second-order valence-corrected chi connectivity index (χ2v) is 7.06. The molecule has 0 aromatic rings. The van der Waals surface area contributed by atoms with Crippen LogP contribution in [-0.4, -0.2) is 37.1 Å². The SMILES string of the molecule is N#CN(S(=O)N(C#N)S(=O)(=O)[N+](=O)[O-])S(=O)(=O)[N+](=O)[O-]. The fourth-order valence-corrected chi connectivity index (χ4v) is 3.39. The van der Waals surface area contributed by atoms with Crippen LogP contribution in [0.2, 0.25) is 0 Å². The minimum atomic E-state index is -5.81. The molecule has 18 heteroatoms. The summed E-state index contributed by atoms with van der Waals surface area (Å²) in [4.78, 5) is 20.3. The Morgan fingerprint density at radius 3 is 1.30 bits per heavy atom. The number of rotatable bonds is 6. The van der Waals surface area contributed by atoms with Crippen molar-refractivity contribution in [3.8, 4) is 12.4 Å². The van der Waals surface area contributed by atoms with Gasteiger partial charge in [-0.1, -0.05) is 0 Å². The first-order chi connectivity index (χ1) is 8.94. The van der Waals surface area contributed by atoms with Crippen LogP contribution in [0.25, 0.3) is 0 Å². The lowest BCUT2D eigenvalue weighted by atomic mass is 11.5. The van der Waals surface area contributed by atoms with Crippen molar-refractivity contribution in [3.05, 3.63) is 20.2 Å². The van der Waals surface area contributed by atoms with Crippen LogP contribution in [0.3, 0.4) is 0 Å². The van der Waals surface area contributed by atoms with Crippen LogP contribution < -0.4 is 0 Å². The van der Waals surface area contributed by atoms with Gasteiger partial charge in [0.15, 0.2) is 8.66 Å². The van der Waals surface area contributed by atoms with Gasteiger partial charge in [-0.05, 0) is 7.42 Å². The van der Waals surface area contributed by atoms with E-state index in [1.165, 1.54) is 0 Å². The molecule has 0 unspecified atom stereocenters. The molecule has 15 nitrogen and oxygen atoms in total. The van der Waals surface area contributed by atoms with Gasteiger partial charge in [0.05, 0.1) is 0 Å². The third-order valence-corrected chi connectivity index (χ3v) is 5.62. The highest BCUT2D eigenvalue weighted by atomic mass is 32.3. The van der Waals surface area contributed by atoms with Gasteiger partial charge < -0.3 is 0 Å². The molecule has 20 heavy (non-hydrogen) atoms. The number of nitrogens with zero attached hydrogens (tertiary/aromatic N) is 6. The summed E-state index contributed by atoms with van der Waals surface area (Å²) in [6.07, 6.45) is 0.946. The second-order valence-electron chi connectivity index (χ2n) is 2.29. The van der Waals surface area contributed by atoms with E-state index >= 15 is 0 Å². The molecule has 0 radical (unpaired) electrons. The number of nitriles is 2. The quantitative estimate of drug-likeness (QED) is 0.205. The standard InChI is InChI=1S/C2N6O9S3/c3-1-5(19(14,15)7(9)10)18(13)6(2-4)20(16,17)8(11)12. The molecule has 110 valence electrons. The van der Waals surface area contributed by atoms with Gasteiger partial charge >= 0.3 is 20.4 Å². The Morgan fingerprint density at radius 2 is 1.15 bits per heavy atom. The van der Waals surface area contributed by atoms with E-state index in [0.717, 1.165) is 0 Å². The molecule has 0 saturated carbocycles. The van der Waals surface area contributed by atoms with Crippen LogP contribution in [-0.2, 0) is 31.6 Å². The summed E-state index contributed by atoms with van der Waals surface area (Å²) in [6, 6.07) is 0. The zero-order chi connectivity index (χ0) is 16.3. The maximum Gasteiger partial charge on any atom is 0.546 e. The van der Waals surface area contributed by atoms with E-state index in [9.17, 15) is 41.3 Å². The molecule has 0 aliphatic rings. The molecular weight excluding hydrogens is 348 g/mol. The molecule has 0 fully saturated rings. The Hall–Kier alpha value is -2.57. The van der Waals surface area contributed by atoms with E-state index < -0.39 is 47.7 Å². The van der Waals surface area contributed by atoms with Gasteiger partial charge in [0, 0.05) is 0 Å². The molecule has 0 aliphatic carbocycles. The lowest BCUT2D eigenvalue weighted by Gasteiger charge is -2.11. The van der Waals surface area contributed by atoms with Crippen molar-refractivity contribution in [3.63, 3.8) is 0 Å². The van der Waals surface area contributed by atoms with E-state index in [4.69, 9.17) is 10.5 Å². The Kier molecular flexibility index (Phi) is 4.88. The molecule has 0 N–H and O–H groups in total. The smallest absolute Gasteiger partial charge is 0.245 e. The summed E-state index contributed by atoms with van der Waals surface area (Å²) in [7, 11) is -11.6. The van der Waals surface area contributed by atoms with Crippen molar-refractivity contribution in [1.29, 1.82) is 10.5 Å². The van der Waals surface area contributed by atoms with Gasteiger partial charge in [-0.3, -0.25) is 0 Å². The predicted molar refractivity (Wildman–Crippen MR) is 54.9 cm³/mol. The second kappa shape index (κ2) is 5.60. The summed E-state index contributed by atoms with van der Waals surface area (Å²) < 4.78 is 48.5. The van der Waals surface area contributed by atoms with E-state index in [1.807, 2.05) is 0 Å². The third-order valence-electron chi connectivity index (χ3n) is 1.24. The van der Waals surface area contributed by atoms with Crippen LogP contribution in [0.4, 0.5) is 0 Å². The van der Waals surface area contributed by atoms with Crippen molar-refractivity contribution in [2.24, 2.45) is 0 Å². The molecular formula is C2N6O9S3. The maximum atomic E-state index is 11.4. The van der Waals surface area contributed by atoms with Gasteiger partial charge in [-0.25, -0.2) is 24.4 Å². The first kappa shape index (κ1) is 17.4. The van der Waals surface area contributed by atoms with E-state index in [0.29, 0.717) is 12.4 Å².